The summed E-state index contributed by atoms with van der Waals surface area (Å²) in [5, 5.41) is 20.6. The average molecular weight is 467 g/mol. The number of β-amino-alcohol motifs (C(OH)–C–C–N with tert-alkyl or cyclic N) is 1. The molecule has 0 spiro atoms. The molecular weight excluding hydrogens is 439 g/mol. The second kappa shape index (κ2) is 7.76. The number of carbonyl (C=O) groups is 1. The van der Waals surface area contributed by atoms with Crippen LogP contribution in [0.3, 0.4) is 0 Å². The molecule has 1 aromatic heterocycles. The van der Waals surface area contributed by atoms with Crippen LogP contribution in [-0.2, 0) is 5.60 Å². The van der Waals surface area contributed by atoms with Gasteiger partial charge in [-0.25, -0.2) is 14.2 Å². The predicted molar refractivity (Wildman–Crippen MR) is 121 cm³/mol. The molecule has 0 atom stereocenters. The van der Waals surface area contributed by atoms with Gasteiger partial charge in [0.25, 0.3) is 0 Å². The SMILES string of the molecule is Cc1nc(N2CC(O)(c3ccc(O[Si](C)(C)C(C)(C)C)cc3Cl)C2)c(F)cc1C(=O)O. The van der Waals surface area contributed by atoms with Gasteiger partial charge >= 0.3 is 5.97 Å². The number of nitrogens with zero attached hydrogens (tertiary/aromatic N) is 2. The smallest absolute Gasteiger partial charge is 0.337 e. The van der Waals surface area contributed by atoms with Gasteiger partial charge in [0.2, 0.25) is 8.32 Å². The highest BCUT2D eigenvalue weighted by molar-refractivity contribution is 6.74. The number of rotatable bonds is 5. The first-order chi connectivity index (χ1) is 14.1. The van der Waals surface area contributed by atoms with Crippen LogP contribution in [0.15, 0.2) is 24.3 Å². The van der Waals surface area contributed by atoms with Crippen molar-refractivity contribution in [2.75, 3.05) is 18.0 Å². The highest BCUT2D eigenvalue weighted by Gasteiger charge is 2.46. The fraction of sp³-hybridized carbons (Fsp3) is 0.455. The van der Waals surface area contributed by atoms with Gasteiger partial charge in [-0.15, -0.1) is 0 Å². The molecule has 0 aliphatic carbocycles. The van der Waals surface area contributed by atoms with Crippen molar-refractivity contribution in [3.63, 3.8) is 0 Å². The predicted octanol–water partition coefficient (Wildman–Crippen LogP) is 4.97. The first-order valence-electron chi connectivity index (χ1n) is 10.0. The van der Waals surface area contributed by atoms with E-state index in [-0.39, 0.29) is 35.2 Å². The number of halogens is 2. The van der Waals surface area contributed by atoms with Crippen LogP contribution < -0.4 is 9.33 Å². The number of pyridine rings is 1. The summed E-state index contributed by atoms with van der Waals surface area (Å²) in [6.07, 6.45) is 0. The van der Waals surface area contributed by atoms with Crippen molar-refractivity contribution in [2.24, 2.45) is 0 Å². The largest absolute Gasteiger partial charge is 0.543 e. The Hall–Kier alpha value is -2.16. The zero-order valence-corrected chi connectivity index (χ0v) is 20.3. The molecule has 168 valence electrons. The lowest BCUT2D eigenvalue weighted by atomic mass is 9.86. The minimum Gasteiger partial charge on any atom is -0.543 e. The highest BCUT2D eigenvalue weighted by atomic mass is 35.5. The lowest BCUT2D eigenvalue weighted by Gasteiger charge is -2.47. The first-order valence-corrected chi connectivity index (χ1v) is 13.3. The van der Waals surface area contributed by atoms with Crippen molar-refractivity contribution in [3.8, 4) is 5.75 Å². The van der Waals surface area contributed by atoms with Gasteiger partial charge in [0, 0.05) is 5.56 Å². The van der Waals surface area contributed by atoms with Gasteiger partial charge in [-0.3, -0.25) is 0 Å². The van der Waals surface area contributed by atoms with Gasteiger partial charge < -0.3 is 19.5 Å². The molecule has 0 radical (unpaired) electrons. The highest BCUT2D eigenvalue weighted by Crippen LogP contribution is 2.42. The zero-order valence-electron chi connectivity index (χ0n) is 18.6. The van der Waals surface area contributed by atoms with Crippen LogP contribution in [0.25, 0.3) is 0 Å². The van der Waals surface area contributed by atoms with E-state index in [0.717, 1.165) is 6.07 Å². The number of aliphatic hydroxyl groups is 1. The van der Waals surface area contributed by atoms with Crippen LogP contribution in [0.1, 0.15) is 42.4 Å². The van der Waals surface area contributed by atoms with Crippen molar-refractivity contribution in [3.05, 3.63) is 51.9 Å². The summed E-state index contributed by atoms with van der Waals surface area (Å²) >= 11 is 6.48. The van der Waals surface area contributed by atoms with Crippen LogP contribution >= 0.6 is 11.6 Å². The number of aryl methyl sites for hydroxylation is 1. The van der Waals surface area contributed by atoms with Crippen molar-refractivity contribution < 1.29 is 23.8 Å². The molecule has 1 saturated heterocycles. The Bertz CT molecular complexity index is 1030. The number of carboxylic acid groups (broad SMARTS) is 1. The molecule has 2 N–H and O–H groups in total. The minimum absolute atomic E-state index is 0.0150. The van der Waals surface area contributed by atoms with E-state index in [4.69, 9.17) is 21.1 Å². The van der Waals surface area contributed by atoms with Gasteiger partial charge in [0.1, 0.15) is 11.4 Å². The Morgan fingerprint density at radius 2 is 1.90 bits per heavy atom. The van der Waals surface area contributed by atoms with Crippen LogP contribution in [0, 0.1) is 12.7 Å². The number of anilines is 1. The number of hydrogen-bond donors (Lipinski definition) is 2. The molecule has 3 rings (SSSR count). The third kappa shape index (κ3) is 4.42. The fourth-order valence-electron chi connectivity index (χ4n) is 3.30. The second-order valence-electron chi connectivity index (χ2n) is 9.62. The van der Waals surface area contributed by atoms with Crippen molar-refractivity contribution >= 4 is 31.7 Å². The average Bonchev–Trinajstić information content (AvgIpc) is 2.59. The third-order valence-corrected chi connectivity index (χ3v) is 10.9. The van der Waals surface area contributed by atoms with Crippen LogP contribution in [0.5, 0.6) is 5.75 Å². The van der Waals surface area contributed by atoms with Crippen molar-refractivity contribution in [1.29, 1.82) is 0 Å². The first kappa shape index (κ1) is 23.5. The number of aromatic carboxylic acids is 1. The van der Waals surface area contributed by atoms with Gasteiger partial charge in [-0.05, 0) is 43.3 Å². The fourth-order valence-corrected chi connectivity index (χ4v) is 4.67. The zero-order chi connectivity index (χ0) is 23.4. The van der Waals surface area contributed by atoms with Crippen LogP contribution in [-0.4, -0.2) is 42.6 Å². The molecule has 1 aromatic carbocycles. The Balaban J connectivity index is 1.79. The lowest BCUT2D eigenvalue weighted by molar-refractivity contribution is 0.00670. The summed E-state index contributed by atoms with van der Waals surface area (Å²) in [6.45, 7) is 12.4. The van der Waals surface area contributed by atoms with E-state index in [2.05, 4.69) is 38.8 Å². The molecule has 2 heterocycles. The maximum Gasteiger partial charge on any atom is 0.337 e. The molecule has 1 aliphatic heterocycles. The summed E-state index contributed by atoms with van der Waals surface area (Å²) in [6, 6.07) is 6.21. The number of aromatic nitrogens is 1. The van der Waals surface area contributed by atoms with E-state index in [1.54, 1.807) is 23.1 Å². The quantitative estimate of drug-likeness (QED) is 0.605. The van der Waals surface area contributed by atoms with Crippen LogP contribution in [0.4, 0.5) is 10.2 Å². The van der Waals surface area contributed by atoms with Crippen LogP contribution in [0.2, 0.25) is 23.2 Å². The molecule has 9 heteroatoms. The third-order valence-electron chi connectivity index (χ3n) is 6.20. The minimum atomic E-state index is -2.03. The summed E-state index contributed by atoms with van der Waals surface area (Å²) < 4.78 is 20.7. The van der Waals surface area contributed by atoms with E-state index in [1.165, 1.54) is 6.92 Å². The molecule has 0 saturated carbocycles. The van der Waals surface area contributed by atoms with Gasteiger partial charge in [0.15, 0.2) is 11.6 Å². The van der Waals surface area contributed by atoms with E-state index >= 15 is 0 Å². The topological polar surface area (TPSA) is 82.9 Å². The Morgan fingerprint density at radius 3 is 2.42 bits per heavy atom. The molecule has 6 nitrogen and oxygen atoms in total. The lowest BCUT2D eigenvalue weighted by Crippen LogP contribution is -2.60. The maximum atomic E-state index is 14.4. The van der Waals surface area contributed by atoms with Crippen molar-refractivity contribution in [2.45, 2.75) is 51.4 Å². The molecular formula is C22H28ClFN2O4Si. The van der Waals surface area contributed by atoms with Gasteiger partial charge in [0.05, 0.1) is 29.4 Å². The summed E-state index contributed by atoms with van der Waals surface area (Å²) in [4.78, 5) is 16.8. The normalized spacial score (nSPS) is 16.1. The monoisotopic (exact) mass is 466 g/mol. The summed E-state index contributed by atoms with van der Waals surface area (Å²) in [7, 11) is -2.03. The van der Waals surface area contributed by atoms with Gasteiger partial charge in [-0.2, -0.15) is 0 Å². The molecule has 0 bridgehead atoms. The maximum absolute atomic E-state index is 14.4. The number of carboxylic acids is 1. The molecule has 1 aliphatic rings. The van der Waals surface area contributed by atoms with E-state index in [0.29, 0.717) is 16.3 Å². The summed E-state index contributed by atoms with van der Waals surface area (Å²) in [5.74, 6) is -1.30. The van der Waals surface area contributed by atoms with Gasteiger partial charge in [-0.1, -0.05) is 38.4 Å². The van der Waals surface area contributed by atoms with E-state index in [9.17, 15) is 14.3 Å². The van der Waals surface area contributed by atoms with E-state index < -0.39 is 25.7 Å². The standard InChI is InChI=1S/C22H28ClFN2O4Si/c1-13-15(20(27)28)10-18(24)19(25-13)26-11-22(29,12-26)16-8-7-14(9-17(16)23)30-31(5,6)21(2,3)4/h7-10,29H,11-12H2,1-6H3,(H,27,28). The molecule has 1 fully saturated rings. The summed E-state index contributed by atoms with van der Waals surface area (Å²) in [5.41, 5.74) is -0.700. The van der Waals surface area contributed by atoms with E-state index in [1.807, 2.05) is 0 Å². The Labute approximate surface area is 187 Å². The molecule has 0 unspecified atom stereocenters. The Morgan fingerprint density at radius 1 is 1.29 bits per heavy atom. The number of hydrogen-bond acceptors (Lipinski definition) is 5. The Kier molecular flexibility index (Phi) is 5.88. The molecule has 31 heavy (non-hydrogen) atoms. The molecule has 2 aromatic rings. The second-order valence-corrected chi connectivity index (χ2v) is 14.8. The molecule has 0 amide bonds. The number of benzene rings is 1. The van der Waals surface area contributed by atoms with Crippen molar-refractivity contribution in [1.82, 2.24) is 4.98 Å².